The van der Waals surface area contributed by atoms with Crippen LogP contribution in [0.15, 0.2) is 41.3 Å². The average molecular weight is 377 g/mol. The van der Waals surface area contributed by atoms with Gasteiger partial charge in [-0.15, -0.1) is 11.3 Å². The largest absolute Gasteiger partial charge is 0.455 e. The van der Waals surface area contributed by atoms with Crippen molar-refractivity contribution in [1.82, 2.24) is 4.72 Å². The van der Waals surface area contributed by atoms with Crippen molar-refractivity contribution in [2.75, 3.05) is 0 Å². The van der Waals surface area contributed by atoms with Crippen molar-refractivity contribution >= 4 is 33.1 Å². The summed E-state index contributed by atoms with van der Waals surface area (Å²) in [5, 5.41) is 0. The number of sulfonamides is 1. The van der Waals surface area contributed by atoms with Crippen molar-refractivity contribution in [1.29, 1.82) is 0 Å². The summed E-state index contributed by atoms with van der Waals surface area (Å²) >= 11 is 0.270. The SMILES string of the molecule is Cc1ccccc1S(=O)(=O)NC(=O)c1ccc(C(=O)C(F)(F)F)s1. The van der Waals surface area contributed by atoms with E-state index in [-0.39, 0.29) is 21.1 Å². The summed E-state index contributed by atoms with van der Waals surface area (Å²) in [6.07, 6.45) is -5.06. The Morgan fingerprint density at radius 1 is 1.04 bits per heavy atom. The molecule has 0 aliphatic heterocycles. The fourth-order valence-electron chi connectivity index (χ4n) is 1.81. The molecule has 0 radical (unpaired) electrons. The molecule has 0 saturated heterocycles. The minimum atomic E-state index is -5.06. The molecule has 1 aromatic carbocycles. The molecule has 2 rings (SSSR count). The van der Waals surface area contributed by atoms with Gasteiger partial charge >= 0.3 is 6.18 Å². The lowest BCUT2D eigenvalue weighted by atomic mass is 10.2. The van der Waals surface area contributed by atoms with Gasteiger partial charge in [0.1, 0.15) is 0 Å². The van der Waals surface area contributed by atoms with E-state index in [1.807, 2.05) is 0 Å². The zero-order chi connectivity index (χ0) is 18.1. The van der Waals surface area contributed by atoms with E-state index in [4.69, 9.17) is 0 Å². The Morgan fingerprint density at radius 3 is 2.21 bits per heavy atom. The highest BCUT2D eigenvalue weighted by molar-refractivity contribution is 7.90. The van der Waals surface area contributed by atoms with E-state index in [9.17, 15) is 31.2 Å². The molecule has 128 valence electrons. The van der Waals surface area contributed by atoms with E-state index in [1.54, 1.807) is 10.8 Å². The first-order valence-corrected chi connectivity index (χ1v) is 8.66. The molecular formula is C14H10F3NO4S2. The van der Waals surface area contributed by atoms with Gasteiger partial charge in [-0.1, -0.05) is 18.2 Å². The lowest BCUT2D eigenvalue weighted by Gasteiger charge is -2.08. The molecule has 1 heterocycles. The zero-order valence-corrected chi connectivity index (χ0v) is 13.7. The first-order chi connectivity index (χ1) is 11.0. The number of nitrogens with one attached hydrogen (secondary N) is 1. The summed E-state index contributed by atoms with van der Waals surface area (Å²) < 4.78 is 63.1. The Kier molecular flexibility index (Phi) is 4.81. The number of benzene rings is 1. The molecule has 0 aliphatic rings. The van der Waals surface area contributed by atoms with Crippen LogP contribution in [-0.4, -0.2) is 26.3 Å². The predicted octanol–water partition coefficient (Wildman–Crippen LogP) is 2.92. The number of ketones is 1. The quantitative estimate of drug-likeness (QED) is 0.831. The normalized spacial score (nSPS) is 12.0. The van der Waals surface area contributed by atoms with Gasteiger partial charge < -0.3 is 0 Å². The van der Waals surface area contributed by atoms with Crippen molar-refractivity contribution in [3.05, 3.63) is 51.7 Å². The second-order valence-corrected chi connectivity index (χ2v) is 7.43. The zero-order valence-electron chi connectivity index (χ0n) is 12.0. The Balaban J connectivity index is 2.24. The molecule has 0 fully saturated rings. The number of halogens is 3. The van der Waals surface area contributed by atoms with Crippen LogP contribution in [0.3, 0.4) is 0 Å². The van der Waals surface area contributed by atoms with Crippen molar-refractivity contribution < 1.29 is 31.2 Å². The number of hydrogen-bond donors (Lipinski definition) is 1. The molecule has 0 aliphatic carbocycles. The summed E-state index contributed by atoms with van der Waals surface area (Å²) in [6.45, 7) is 1.53. The minimum Gasteiger partial charge on any atom is -0.283 e. The van der Waals surface area contributed by atoms with Crippen molar-refractivity contribution in [2.45, 2.75) is 18.0 Å². The smallest absolute Gasteiger partial charge is 0.283 e. The first-order valence-electron chi connectivity index (χ1n) is 6.36. The number of Topliss-reactive ketones (excluding diaryl/α,β-unsaturated/α-hetero) is 1. The number of carbonyl (C=O) groups excluding carboxylic acids is 2. The number of thiophene rings is 1. The Labute approximate surface area is 139 Å². The molecule has 0 spiro atoms. The number of hydrogen-bond acceptors (Lipinski definition) is 5. The lowest BCUT2D eigenvalue weighted by Crippen LogP contribution is -2.30. The highest BCUT2D eigenvalue weighted by Crippen LogP contribution is 2.26. The molecule has 0 saturated carbocycles. The number of aryl methyl sites for hydroxylation is 1. The van der Waals surface area contributed by atoms with Crippen LogP contribution in [-0.2, 0) is 10.0 Å². The van der Waals surface area contributed by atoms with E-state index in [1.165, 1.54) is 25.1 Å². The standard InChI is InChI=1S/C14H10F3NO4S2/c1-8-4-2-3-5-11(8)24(21,22)18-13(20)10-7-6-9(23-10)12(19)14(15,16)17/h2-7H,1H3,(H,18,20). The van der Waals surface area contributed by atoms with E-state index in [0.717, 1.165) is 12.1 Å². The third-order valence-electron chi connectivity index (χ3n) is 2.92. The fourth-order valence-corrected chi connectivity index (χ4v) is 3.95. The second-order valence-electron chi connectivity index (χ2n) is 4.69. The van der Waals surface area contributed by atoms with Gasteiger partial charge in [-0.25, -0.2) is 13.1 Å². The maximum Gasteiger partial charge on any atom is 0.455 e. The number of alkyl halides is 3. The summed E-state index contributed by atoms with van der Waals surface area (Å²) in [5.41, 5.74) is 0.400. The van der Waals surface area contributed by atoms with Gasteiger partial charge in [-0.2, -0.15) is 13.2 Å². The molecule has 1 aromatic heterocycles. The Bertz CT molecular complexity index is 901. The van der Waals surface area contributed by atoms with E-state index in [2.05, 4.69) is 0 Å². The van der Waals surface area contributed by atoms with Gasteiger partial charge in [0.15, 0.2) is 0 Å². The number of carbonyl (C=O) groups is 2. The highest BCUT2D eigenvalue weighted by Gasteiger charge is 2.40. The van der Waals surface area contributed by atoms with Gasteiger partial charge in [-0.3, -0.25) is 9.59 Å². The van der Waals surface area contributed by atoms with E-state index >= 15 is 0 Å². The topological polar surface area (TPSA) is 80.3 Å². The van der Waals surface area contributed by atoms with Crippen molar-refractivity contribution in [2.24, 2.45) is 0 Å². The van der Waals surface area contributed by atoms with E-state index in [0.29, 0.717) is 5.56 Å². The lowest BCUT2D eigenvalue weighted by molar-refractivity contribution is -0.0882. The predicted molar refractivity (Wildman–Crippen MR) is 80.5 cm³/mol. The van der Waals surface area contributed by atoms with Crippen molar-refractivity contribution in [3.8, 4) is 0 Å². The first kappa shape index (κ1) is 18.1. The average Bonchev–Trinajstić information content (AvgIpc) is 2.95. The molecule has 0 bridgehead atoms. The van der Waals surface area contributed by atoms with Gasteiger partial charge in [0.05, 0.1) is 14.6 Å². The van der Waals surface area contributed by atoms with Crippen LogP contribution in [0.25, 0.3) is 0 Å². The summed E-state index contributed by atoms with van der Waals surface area (Å²) in [5.74, 6) is -3.20. The monoisotopic (exact) mass is 377 g/mol. The highest BCUT2D eigenvalue weighted by atomic mass is 32.2. The summed E-state index contributed by atoms with van der Waals surface area (Å²) in [6, 6.07) is 7.70. The molecule has 0 unspecified atom stereocenters. The molecule has 0 atom stereocenters. The third kappa shape index (κ3) is 3.82. The van der Waals surface area contributed by atoms with Gasteiger partial charge in [-0.05, 0) is 30.7 Å². The number of amides is 1. The van der Waals surface area contributed by atoms with Gasteiger partial charge in [0.25, 0.3) is 21.7 Å². The Morgan fingerprint density at radius 2 is 1.62 bits per heavy atom. The molecule has 1 N–H and O–H groups in total. The van der Waals surface area contributed by atoms with Crippen LogP contribution >= 0.6 is 11.3 Å². The van der Waals surface area contributed by atoms with Crippen LogP contribution < -0.4 is 4.72 Å². The van der Waals surface area contributed by atoms with Gasteiger partial charge in [0, 0.05) is 0 Å². The van der Waals surface area contributed by atoms with Crippen LogP contribution in [0.2, 0.25) is 0 Å². The second kappa shape index (κ2) is 6.36. The summed E-state index contributed by atoms with van der Waals surface area (Å²) in [7, 11) is -4.18. The molecule has 5 nitrogen and oxygen atoms in total. The minimum absolute atomic E-state index is 0.124. The van der Waals surface area contributed by atoms with Crippen LogP contribution in [0.4, 0.5) is 13.2 Å². The summed E-state index contributed by atoms with van der Waals surface area (Å²) in [4.78, 5) is 21.9. The third-order valence-corrected chi connectivity index (χ3v) is 5.50. The molecule has 1 amide bonds. The van der Waals surface area contributed by atoms with Crippen LogP contribution in [0.5, 0.6) is 0 Å². The molecular weight excluding hydrogens is 367 g/mol. The van der Waals surface area contributed by atoms with Crippen molar-refractivity contribution in [3.63, 3.8) is 0 Å². The maximum atomic E-state index is 12.3. The Hall–Kier alpha value is -2.20. The maximum absolute atomic E-state index is 12.3. The van der Waals surface area contributed by atoms with Crippen LogP contribution in [0.1, 0.15) is 24.9 Å². The van der Waals surface area contributed by atoms with Gasteiger partial charge in [0.2, 0.25) is 0 Å². The van der Waals surface area contributed by atoms with Crippen LogP contribution in [0, 0.1) is 6.92 Å². The number of rotatable bonds is 4. The molecule has 24 heavy (non-hydrogen) atoms. The van der Waals surface area contributed by atoms with E-state index < -0.39 is 32.8 Å². The molecule has 2 aromatic rings. The fraction of sp³-hybridized carbons (Fsp3) is 0.143. The molecule has 10 heteroatoms.